The smallest absolute Gasteiger partial charge is 0.180 e. The van der Waals surface area contributed by atoms with E-state index in [4.69, 9.17) is 9.47 Å². The van der Waals surface area contributed by atoms with E-state index in [9.17, 15) is 4.21 Å². The minimum Gasteiger partial charge on any atom is -0.349 e. The lowest BCUT2D eigenvalue weighted by molar-refractivity contribution is -0.301. The normalized spacial score (nSPS) is 32.4. The van der Waals surface area contributed by atoms with E-state index in [1.165, 1.54) is 5.56 Å². The molecule has 3 saturated heterocycles. The van der Waals surface area contributed by atoms with E-state index in [2.05, 4.69) is 0 Å². The van der Waals surface area contributed by atoms with Crippen LogP contribution in [0.15, 0.2) is 29.2 Å². The van der Waals surface area contributed by atoms with Crippen LogP contribution >= 0.6 is 0 Å². The number of rotatable bonds is 3. The third kappa shape index (κ3) is 2.37. The topological polar surface area (TPSA) is 35.5 Å². The molecule has 2 bridgehead atoms. The van der Waals surface area contributed by atoms with Crippen LogP contribution in [0.25, 0.3) is 0 Å². The molecule has 4 heteroatoms. The van der Waals surface area contributed by atoms with Crippen LogP contribution in [0.1, 0.15) is 18.4 Å². The van der Waals surface area contributed by atoms with Gasteiger partial charge in [-0.05, 0) is 25.5 Å². The van der Waals surface area contributed by atoms with Crippen LogP contribution in [0.5, 0.6) is 0 Å². The molecule has 3 aliphatic heterocycles. The number of fused-ring (bicyclic) bond motifs is 3. The molecule has 3 nitrogen and oxygen atoms in total. The lowest BCUT2D eigenvalue weighted by Crippen LogP contribution is -2.52. The van der Waals surface area contributed by atoms with Gasteiger partial charge in [0.15, 0.2) is 5.79 Å². The summed E-state index contributed by atoms with van der Waals surface area (Å²) in [4.78, 5) is 0.856. The molecule has 0 aromatic heterocycles. The van der Waals surface area contributed by atoms with Crippen LogP contribution in [0.2, 0.25) is 0 Å². The Labute approximate surface area is 110 Å². The summed E-state index contributed by atoms with van der Waals surface area (Å²) in [5.74, 6) is 0.396. The van der Waals surface area contributed by atoms with E-state index in [-0.39, 0.29) is 0 Å². The molecule has 0 aliphatic carbocycles. The maximum Gasteiger partial charge on any atom is 0.180 e. The van der Waals surface area contributed by atoms with Crippen molar-refractivity contribution in [3.8, 4) is 0 Å². The predicted molar refractivity (Wildman–Crippen MR) is 69.8 cm³/mol. The fraction of sp³-hybridized carbons (Fsp3) is 0.571. The van der Waals surface area contributed by atoms with Gasteiger partial charge in [0.1, 0.15) is 0 Å². The minimum atomic E-state index is -1.05. The Balaban J connectivity index is 1.72. The van der Waals surface area contributed by atoms with Crippen LogP contribution in [-0.4, -0.2) is 29.0 Å². The molecule has 1 atom stereocenters. The summed E-state index contributed by atoms with van der Waals surface area (Å²) in [7, 11) is -1.05. The van der Waals surface area contributed by atoms with E-state index in [1.54, 1.807) is 0 Å². The summed E-state index contributed by atoms with van der Waals surface area (Å²) < 4.78 is 23.9. The fourth-order valence-electron chi connectivity index (χ4n) is 2.49. The standard InChI is InChI=1S/C14H18O3S/c1-11-2-4-13(5-3-11)18(15)10-14-7-6-12(8-16-14)9-17-14/h2-5,12H,6-10H2,1H3. The van der Waals surface area contributed by atoms with Gasteiger partial charge in [0, 0.05) is 17.2 Å². The van der Waals surface area contributed by atoms with Gasteiger partial charge in [-0.25, -0.2) is 0 Å². The van der Waals surface area contributed by atoms with Crippen LogP contribution < -0.4 is 0 Å². The van der Waals surface area contributed by atoms with E-state index in [1.807, 2.05) is 31.2 Å². The highest BCUT2D eigenvalue weighted by molar-refractivity contribution is 7.85. The zero-order valence-electron chi connectivity index (χ0n) is 10.6. The Bertz CT molecular complexity index is 433. The molecule has 3 heterocycles. The zero-order valence-corrected chi connectivity index (χ0v) is 11.4. The molecule has 1 aromatic rings. The molecule has 0 amide bonds. The average molecular weight is 266 g/mol. The van der Waals surface area contributed by atoms with Crippen LogP contribution in [0, 0.1) is 12.8 Å². The van der Waals surface area contributed by atoms with Crippen molar-refractivity contribution in [3.05, 3.63) is 29.8 Å². The van der Waals surface area contributed by atoms with Crippen LogP contribution in [-0.2, 0) is 20.3 Å². The van der Waals surface area contributed by atoms with Crippen molar-refractivity contribution in [2.75, 3.05) is 19.0 Å². The van der Waals surface area contributed by atoms with Crippen molar-refractivity contribution in [2.24, 2.45) is 5.92 Å². The number of benzene rings is 1. The Morgan fingerprint density at radius 2 is 1.94 bits per heavy atom. The third-order valence-corrected chi connectivity index (χ3v) is 5.23. The quantitative estimate of drug-likeness (QED) is 0.842. The lowest BCUT2D eigenvalue weighted by atomic mass is 9.94. The molecule has 4 rings (SSSR count). The fourth-order valence-corrected chi connectivity index (χ4v) is 3.81. The molecular weight excluding hydrogens is 248 g/mol. The number of hydrogen-bond acceptors (Lipinski definition) is 3. The SMILES string of the molecule is Cc1ccc(S(=O)CC23CCC(CO2)CO3)cc1. The second-order valence-corrected chi connectivity index (χ2v) is 6.69. The molecule has 98 valence electrons. The van der Waals surface area contributed by atoms with Gasteiger partial charge >= 0.3 is 0 Å². The maximum atomic E-state index is 12.4. The van der Waals surface area contributed by atoms with Crippen molar-refractivity contribution in [1.29, 1.82) is 0 Å². The van der Waals surface area contributed by atoms with Crippen molar-refractivity contribution in [1.82, 2.24) is 0 Å². The van der Waals surface area contributed by atoms with Gasteiger partial charge in [0.2, 0.25) is 0 Å². The summed E-state index contributed by atoms with van der Waals surface area (Å²) in [6.07, 6.45) is 2.00. The summed E-state index contributed by atoms with van der Waals surface area (Å²) in [5, 5.41) is 0. The highest BCUT2D eigenvalue weighted by atomic mass is 32.2. The summed E-state index contributed by atoms with van der Waals surface area (Å²) in [6, 6.07) is 7.84. The third-order valence-electron chi connectivity index (χ3n) is 3.73. The Morgan fingerprint density at radius 1 is 1.28 bits per heavy atom. The summed E-state index contributed by atoms with van der Waals surface area (Å²) in [6.45, 7) is 3.54. The molecule has 0 radical (unpaired) electrons. The van der Waals surface area contributed by atoms with Crippen molar-refractivity contribution in [3.63, 3.8) is 0 Å². The molecule has 0 saturated carbocycles. The van der Waals surface area contributed by atoms with Gasteiger partial charge in [-0.3, -0.25) is 4.21 Å². The minimum absolute atomic E-state index is 0.447. The first-order valence-corrected chi connectivity index (χ1v) is 7.72. The molecule has 0 spiro atoms. The highest BCUT2D eigenvalue weighted by Gasteiger charge is 2.44. The zero-order chi connectivity index (χ0) is 12.6. The maximum absolute atomic E-state index is 12.4. The highest BCUT2D eigenvalue weighted by Crippen LogP contribution is 2.37. The van der Waals surface area contributed by atoms with Crippen LogP contribution in [0.3, 0.4) is 0 Å². The number of aryl methyl sites for hydroxylation is 1. The summed E-state index contributed by atoms with van der Waals surface area (Å²) in [5.41, 5.74) is 1.18. The van der Waals surface area contributed by atoms with E-state index in [0.29, 0.717) is 11.7 Å². The molecule has 1 unspecified atom stereocenters. The van der Waals surface area contributed by atoms with Gasteiger partial charge in [-0.2, -0.15) is 0 Å². The molecule has 0 N–H and O–H groups in total. The Hall–Kier alpha value is -0.710. The van der Waals surface area contributed by atoms with E-state index < -0.39 is 16.6 Å². The van der Waals surface area contributed by atoms with Gasteiger partial charge < -0.3 is 9.47 Å². The van der Waals surface area contributed by atoms with Gasteiger partial charge in [-0.1, -0.05) is 17.7 Å². The first-order valence-electron chi connectivity index (χ1n) is 6.40. The lowest BCUT2D eigenvalue weighted by Gasteiger charge is -2.45. The molecule has 1 aromatic carbocycles. The second-order valence-electron chi connectivity index (χ2n) is 5.24. The summed E-state index contributed by atoms with van der Waals surface area (Å²) >= 11 is 0. The van der Waals surface area contributed by atoms with Crippen molar-refractivity contribution < 1.29 is 13.7 Å². The van der Waals surface area contributed by atoms with E-state index in [0.717, 1.165) is 31.0 Å². The molecule has 18 heavy (non-hydrogen) atoms. The van der Waals surface area contributed by atoms with Gasteiger partial charge in [0.25, 0.3) is 0 Å². The van der Waals surface area contributed by atoms with Gasteiger partial charge in [-0.15, -0.1) is 0 Å². The molecule has 3 aliphatic rings. The van der Waals surface area contributed by atoms with Crippen molar-refractivity contribution >= 4 is 10.8 Å². The van der Waals surface area contributed by atoms with E-state index >= 15 is 0 Å². The van der Waals surface area contributed by atoms with Gasteiger partial charge in [0.05, 0.1) is 29.8 Å². The number of ether oxygens (including phenoxy) is 2. The molecule has 3 fully saturated rings. The first kappa shape index (κ1) is 12.3. The predicted octanol–water partition coefficient (Wildman–Crippen LogP) is 2.26. The monoisotopic (exact) mass is 266 g/mol. The Kier molecular flexibility index (Phi) is 3.26. The first-order chi connectivity index (χ1) is 8.67. The average Bonchev–Trinajstić information content (AvgIpc) is 2.41. The largest absolute Gasteiger partial charge is 0.349 e. The molecular formula is C14H18O3S. The Morgan fingerprint density at radius 3 is 2.50 bits per heavy atom. The second kappa shape index (κ2) is 4.76. The van der Waals surface area contributed by atoms with Crippen LogP contribution in [0.4, 0.5) is 0 Å². The number of hydrogen-bond donors (Lipinski definition) is 0. The van der Waals surface area contributed by atoms with Crippen molar-refractivity contribution in [2.45, 2.75) is 30.4 Å².